The summed E-state index contributed by atoms with van der Waals surface area (Å²) < 4.78 is 0. The summed E-state index contributed by atoms with van der Waals surface area (Å²) in [7, 11) is 0. The molecule has 1 aliphatic carbocycles. The third-order valence-corrected chi connectivity index (χ3v) is 2.41. The summed E-state index contributed by atoms with van der Waals surface area (Å²) in [6.07, 6.45) is 6.32. The molecule has 1 heterocycles. The monoisotopic (exact) mass is 227 g/mol. The average Bonchev–Trinajstić information content (AvgIpc) is 3.17. The van der Waals surface area contributed by atoms with Crippen LogP contribution in [0.15, 0.2) is 42.6 Å². The lowest BCUT2D eigenvalue weighted by Gasteiger charge is -2.01. The number of benzene rings is 1. The smallest absolute Gasteiger partial charge is 0.116 e. The normalized spacial score (nSPS) is 12.5. The van der Waals surface area contributed by atoms with Gasteiger partial charge in [-0.3, -0.25) is 4.98 Å². The van der Waals surface area contributed by atoms with Crippen LogP contribution < -0.4 is 0 Å². The molecule has 0 unspecified atom stereocenters. The van der Waals surface area contributed by atoms with E-state index >= 15 is 0 Å². The molecule has 1 aliphatic rings. The second-order valence-electron chi connectivity index (χ2n) is 4.33. The van der Waals surface area contributed by atoms with Crippen LogP contribution in [0.5, 0.6) is 5.75 Å². The highest BCUT2D eigenvalue weighted by molar-refractivity contribution is 5.60. The topological polar surface area (TPSA) is 33.1 Å². The molecular weight excluding hydrogens is 210 g/mol. The summed E-state index contributed by atoms with van der Waals surface area (Å²) in [4.78, 5) is 4.28. The molecule has 2 aromatic rings. The molecule has 2 nitrogen and oxygen atoms in total. The van der Waals surface area contributed by atoms with Crippen LogP contribution in [0.4, 0.5) is 0 Å². The molecule has 0 bridgehead atoms. The molecule has 17 heavy (non-hydrogen) atoms. The van der Waals surface area contributed by atoms with Crippen molar-refractivity contribution in [2.75, 3.05) is 0 Å². The van der Waals surface area contributed by atoms with Gasteiger partial charge < -0.3 is 5.11 Å². The highest BCUT2D eigenvalue weighted by atomic mass is 16.3. The number of aryl methyl sites for hydroxylation is 1. The highest BCUT2D eigenvalue weighted by Gasteiger charge is 1.98. The lowest BCUT2D eigenvalue weighted by atomic mass is 10.1. The third-order valence-electron chi connectivity index (χ3n) is 2.41. The van der Waals surface area contributed by atoms with Crippen molar-refractivity contribution in [3.8, 4) is 17.0 Å². The molecule has 2 heteroatoms. The summed E-state index contributed by atoms with van der Waals surface area (Å²) >= 11 is 0. The Morgan fingerprint density at radius 1 is 1.06 bits per heavy atom. The van der Waals surface area contributed by atoms with Crippen molar-refractivity contribution in [3.05, 3.63) is 48.2 Å². The summed E-state index contributed by atoms with van der Waals surface area (Å²) in [5.74, 6) is 0.268. The Balaban J connectivity index is 0.000000313. The van der Waals surface area contributed by atoms with E-state index in [2.05, 4.69) is 4.98 Å². The second kappa shape index (κ2) is 5.48. The van der Waals surface area contributed by atoms with E-state index < -0.39 is 0 Å². The van der Waals surface area contributed by atoms with Gasteiger partial charge in [-0.2, -0.15) is 0 Å². The first kappa shape index (κ1) is 11.6. The zero-order chi connectivity index (χ0) is 12.1. The number of nitrogens with zero attached hydrogens (tertiary/aromatic N) is 1. The van der Waals surface area contributed by atoms with Crippen LogP contribution in [0.25, 0.3) is 11.3 Å². The molecule has 88 valence electrons. The van der Waals surface area contributed by atoms with Gasteiger partial charge in [0.2, 0.25) is 0 Å². The van der Waals surface area contributed by atoms with Crippen molar-refractivity contribution in [1.29, 1.82) is 0 Å². The van der Waals surface area contributed by atoms with Gasteiger partial charge >= 0.3 is 0 Å². The standard InChI is InChI=1S/C12H11NO.C3H6/c1-9-5-6-12(13-8-9)10-3-2-4-11(14)7-10;1-2-3-1/h2-8,14H,1H3;1-3H2. The number of phenols is 1. The van der Waals surface area contributed by atoms with Gasteiger partial charge in [0, 0.05) is 11.8 Å². The van der Waals surface area contributed by atoms with Crippen LogP contribution >= 0.6 is 0 Å². The Bertz CT molecular complexity index is 472. The molecule has 0 spiro atoms. The van der Waals surface area contributed by atoms with Gasteiger partial charge in [-0.15, -0.1) is 0 Å². The van der Waals surface area contributed by atoms with E-state index in [1.54, 1.807) is 12.1 Å². The van der Waals surface area contributed by atoms with Gasteiger partial charge in [0.25, 0.3) is 0 Å². The number of aromatic nitrogens is 1. The van der Waals surface area contributed by atoms with Crippen molar-refractivity contribution >= 4 is 0 Å². The predicted molar refractivity (Wildman–Crippen MR) is 69.9 cm³/mol. The second-order valence-corrected chi connectivity index (χ2v) is 4.33. The first-order valence-corrected chi connectivity index (χ1v) is 5.98. The Hall–Kier alpha value is -1.83. The van der Waals surface area contributed by atoms with E-state index in [0.717, 1.165) is 16.8 Å². The summed E-state index contributed by atoms with van der Waals surface area (Å²) in [6, 6.07) is 11.1. The van der Waals surface area contributed by atoms with Crippen LogP contribution in [0, 0.1) is 6.92 Å². The summed E-state index contributed by atoms with van der Waals surface area (Å²) in [5, 5.41) is 9.30. The largest absolute Gasteiger partial charge is 0.508 e. The van der Waals surface area contributed by atoms with Crippen LogP contribution in [-0.2, 0) is 0 Å². The van der Waals surface area contributed by atoms with E-state index in [4.69, 9.17) is 0 Å². The number of hydrogen-bond acceptors (Lipinski definition) is 2. The van der Waals surface area contributed by atoms with E-state index in [1.807, 2.05) is 37.4 Å². The number of rotatable bonds is 1. The minimum Gasteiger partial charge on any atom is -0.508 e. The SMILES string of the molecule is C1CC1.Cc1ccc(-c2cccc(O)c2)nc1. The third kappa shape index (κ3) is 3.91. The molecule has 0 amide bonds. The first-order chi connectivity index (χ1) is 8.25. The van der Waals surface area contributed by atoms with Crippen molar-refractivity contribution < 1.29 is 5.11 Å². The van der Waals surface area contributed by atoms with Gasteiger partial charge in [0.15, 0.2) is 0 Å². The van der Waals surface area contributed by atoms with E-state index in [9.17, 15) is 5.11 Å². The maximum absolute atomic E-state index is 9.30. The molecule has 1 N–H and O–H groups in total. The fraction of sp³-hybridized carbons (Fsp3) is 0.267. The zero-order valence-electron chi connectivity index (χ0n) is 10.1. The van der Waals surface area contributed by atoms with Crippen LogP contribution in [-0.4, -0.2) is 10.1 Å². The minimum absolute atomic E-state index is 0.268. The average molecular weight is 227 g/mol. The summed E-state index contributed by atoms with van der Waals surface area (Å²) in [6.45, 7) is 2.00. The van der Waals surface area contributed by atoms with Crippen molar-refractivity contribution in [2.24, 2.45) is 0 Å². The van der Waals surface area contributed by atoms with Crippen molar-refractivity contribution in [2.45, 2.75) is 26.2 Å². The quantitative estimate of drug-likeness (QED) is 0.800. The lowest BCUT2D eigenvalue weighted by molar-refractivity contribution is 0.475. The number of phenolic OH excluding ortho intramolecular Hbond substituents is 1. The van der Waals surface area contributed by atoms with Crippen molar-refractivity contribution in [3.63, 3.8) is 0 Å². The molecule has 0 radical (unpaired) electrons. The lowest BCUT2D eigenvalue weighted by Crippen LogP contribution is -1.83. The molecule has 0 atom stereocenters. The zero-order valence-corrected chi connectivity index (χ0v) is 10.1. The number of pyridine rings is 1. The van der Waals surface area contributed by atoms with Gasteiger partial charge in [0.05, 0.1) is 5.69 Å². The van der Waals surface area contributed by atoms with E-state index in [1.165, 1.54) is 19.3 Å². The maximum atomic E-state index is 9.30. The summed E-state index contributed by atoms with van der Waals surface area (Å²) in [5.41, 5.74) is 2.95. The Morgan fingerprint density at radius 2 is 1.82 bits per heavy atom. The maximum Gasteiger partial charge on any atom is 0.116 e. The molecule has 1 fully saturated rings. The molecular formula is C15H17NO. The van der Waals surface area contributed by atoms with Gasteiger partial charge in [-0.1, -0.05) is 37.5 Å². The van der Waals surface area contributed by atoms with Crippen LogP contribution in [0.2, 0.25) is 0 Å². The van der Waals surface area contributed by atoms with Crippen LogP contribution in [0.1, 0.15) is 24.8 Å². The predicted octanol–water partition coefficient (Wildman–Crippen LogP) is 3.93. The minimum atomic E-state index is 0.268. The molecule has 0 aliphatic heterocycles. The van der Waals surface area contributed by atoms with Crippen molar-refractivity contribution in [1.82, 2.24) is 4.98 Å². The fourth-order valence-corrected chi connectivity index (χ4v) is 1.30. The van der Waals surface area contributed by atoms with E-state index in [-0.39, 0.29) is 5.75 Å². The molecule has 3 rings (SSSR count). The fourth-order valence-electron chi connectivity index (χ4n) is 1.30. The molecule has 1 aromatic carbocycles. The van der Waals surface area contributed by atoms with Crippen LogP contribution in [0.3, 0.4) is 0 Å². The van der Waals surface area contributed by atoms with E-state index in [0.29, 0.717) is 0 Å². The number of hydrogen-bond donors (Lipinski definition) is 1. The number of aromatic hydroxyl groups is 1. The Labute approximate surface area is 102 Å². The Kier molecular flexibility index (Phi) is 3.76. The molecule has 1 aromatic heterocycles. The van der Waals surface area contributed by atoms with Gasteiger partial charge in [0.1, 0.15) is 5.75 Å². The highest BCUT2D eigenvalue weighted by Crippen LogP contribution is 2.21. The first-order valence-electron chi connectivity index (χ1n) is 5.98. The molecule has 0 saturated heterocycles. The Morgan fingerprint density at radius 3 is 2.35 bits per heavy atom. The molecule has 1 saturated carbocycles. The van der Waals surface area contributed by atoms with Gasteiger partial charge in [-0.25, -0.2) is 0 Å². The van der Waals surface area contributed by atoms with Gasteiger partial charge in [-0.05, 0) is 30.7 Å².